The fourth-order valence-corrected chi connectivity index (χ4v) is 1.77. The monoisotopic (exact) mass is 282 g/mol. The summed E-state index contributed by atoms with van der Waals surface area (Å²) in [4.78, 5) is 25.7. The lowest BCUT2D eigenvalue weighted by molar-refractivity contribution is -0.427. The second-order valence-electron chi connectivity index (χ2n) is 4.04. The molecule has 2 heterocycles. The highest BCUT2D eigenvalue weighted by molar-refractivity contribution is 5.42. The van der Waals surface area contributed by atoms with Gasteiger partial charge in [-0.1, -0.05) is 0 Å². The Morgan fingerprint density at radius 1 is 1.20 bits per heavy atom. The molecule has 2 rings (SSSR count). The van der Waals surface area contributed by atoms with Crippen molar-refractivity contribution in [3.05, 3.63) is 21.6 Å². The molecule has 1 aliphatic heterocycles. The van der Waals surface area contributed by atoms with Gasteiger partial charge in [-0.25, -0.2) is 0 Å². The summed E-state index contributed by atoms with van der Waals surface area (Å²) in [6.45, 7) is 1.92. The van der Waals surface area contributed by atoms with E-state index in [9.17, 15) is 10.1 Å². The summed E-state index contributed by atoms with van der Waals surface area (Å²) in [5.41, 5.74) is 0.522. The van der Waals surface area contributed by atoms with Crippen LogP contribution in [0.2, 0.25) is 0 Å². The molecule has 0 aromatic carbocycles. The van der Waals surface area contributed by atoms with E-state index in [1.807, 2.05) is 0 Å². The molecule has 0 saturated heterocycles. The van der Waals surface area contributed by atoms with Crippen LogP contribution in [-0.4, -0.2) is 52.7 Å². The Morgan fingerprint density at radius 3 is 2.20 bits per heavy atom. The third-order valence-corrected chi connectivity index (χ3v) is 2.87. The maximum Gasteiger partial charge on any atom is 0.346 e. The van der Waals surface area contributed by atoms with Gasteiger partial charge in [0.15, 0.2) is 6.67 Å². The van der Waals surface area contributed by atoms with E-state index in [4.69, 9.17) is 9.47 Å². The molecule has 0 saturated carbocycles. The van der Waals surface area contributed by atoms with Crippen molar-refractivity contribution in [3.8, 4) is 12.0 Å². The fraction of sp³-hybridized carbons (Fsp3) is 0.500. The number of hydrogen-bond acceptors (Lipinski definition) is 9. The molecule has 20 heavy (non-hydrogen) atoms. The first-order valence-corrected chi connectivity index (χ1v) is 5.66. The van der Waals surface area contributed by atoms with Gasteiger partial charge in [0.05, 0.1) is 14.2 Å². The van der Waals surface area contributed by atoms with E-state index < -0.39 is 4.92 Å². The lowest BCUT2D eigenvalue weighted by Gasteiger charge is -2.13. The van der Waals surface area contributed by atoms with Crippen molar-refractivity contribution in [3.63, 3.8) is 0 Å². The van der Waals surface area contributed by atoms with Gasteiger partial charge in [0, 0.05) is 7.05 Å². The number of hydrogen-bond donors (Lipinski definition) is 0. The van der Waals surface area contributed by atoms with Crippen LogP contribution < -0.4 is 14.4 Å². The van der Waals surface area contributed by atoms with Crippen molar-refractivity contribution in [1.29, 1.82) is 0 Å². The molecule has 0 N–H and O–H groups in total. The Labute approximate surface area is 114 Å². The quantitative estimate of drug-likeness (QED) is 0.559. The van der Waals surface area contributed by atoms with Crippen molar-refractivity contribution in [1.82, 2.24) is 19.9 Å². The average Bonchev–Trinajstić information content (AvgIpc) is 2.74. The van der Waals surface area contributed by atoms with Gasteiger partial charge in [-0.3, -0.25) is 0 Å². The molecule has 0 fully saturated rings. The predicted octanol–water partition coefficient (Wildman–Crippen LogP) is 0.0638. The summed E-state index contributed by atoms with van der Waals surface area (Å²) in [5, 5.41) is 11.2. The summed E-state index contributed by atoms with van der Waals surface area (Å²) < 4.78 is 9.88. The molecule has 10 nitrogen and oxygen atoms in total. The molecule has 1 aromatic rings. The standard InChI is InChI=1S/C10H14N6O4/c1-6-7(16(17)18)15(5-14(6)2)8-11-9(19-3)13-10(12-8)20-4/h5H2,1-4H3. The normalized spacial score (nSPS) is 14.8. The van der Waals surface area contributed by atoms with E-state index in [0.29, 0.717) is 5.70 Å². The van der Waals surface area contributed by atoms with E-state index in [1.54, 1.807) is 18.9 Å². The van der Waals surface area contributed by atoms with Gasteiger partial charge in [0.25, 0.3) is 0 Å². The molecule has 0 amide bonds. The van der Waals surface area contributed by atoms with Gasteiger partial charge in [0.1, 0.15) is 5.70 Å². The Kier molecular flexibility index (Phi) is 3.55. The average molecular weight is 282 g/mol. The van der Waals surface area contributed by atoms with E-state index in [2.05, 4.69) is 15.0 Å². The van der Waals surface area contributed by atoms with Crippen LogP contribution in [0.4, 0.5) is 5.95 Å². The zero-order valence-electron chi connectivity index (χ0n) is 11.5. The van der Waals surface area contributed by atoms with Crippen LogP contribution in [-0.2, 0) is 0 Å². The Hall–Kier alpha value is -2.65. The van der Waals surface area contributed by atoms with Crippen LogP contribution >= 0.6 is 0 Å². The number of methoxy groups -OCH3 is 2. The number of anilines is 1. The van der Waals surface area contributed by atoms with Crippen LogP contribution in [0, 0.1) is 10.1 Å². The van der Waals surface area contributed by atoms with Gasteiger partial charge in [-0.15, -0.1) is 15.0 Å². The zero-order chi connectivity index (χ0) is 14.9. The minimum absolute atomic E-state index is 0.0294. The Morgan fingerprint density at radius 2 is 1.75 bits per heavy atom. The molecule has 0 bridgehead atoms. The highest BCUT2D eigenvalue weighted by atomic mass is 16.6. The number of rotatable bonds is 4. The minimum atomic E-state index is -0.471. The zero-order valence-corrected chi connectivity index (χ0v) is 11.5. The third kappa shape index (κ3) is 2.27. The van der Waals surface area contributed by atoms with Gasteiger partial charge >= 0.3 is 23.8 Å². The van der Waals surface area contributed by atoms with Crippen molar-refractivity contribution < 1.29 is 14.4 Å². The molecule has 0 unspecified atom stereocenters. The number of nitro groups is 1. The van der Waals surface area contributed by atoms with Crippen molar-refractivity contribution in [2.24, 2.45) is 0 Å². The molecular formula is C10H14N6O4. The second-order valence-corrected chi connectivity index (χ2v) is 4.04. The summed E-state index contributed by atoms with van der Waals surface area (Å²) in [6, 6.07) is 0.0588. The molecule has 0 aliphatic carbocycles. The van der Waals surface area contributed by atoms with Gasteiger partial charge in [-0.05, 0) is 11.8 Å². The Balaban J connectivity index is 2.48. The molecule has 10 heteroatoms. The number of ether oxygens (including phenoxy) is 2. The number of aromatic nitrogens is 3. The van der Waals surface area contributed by atoms with Crippen LogP contribution in [0.3, 0.4) is 0 Å². The van der Waals surface area contributed by atoms with E-state index in [0.717, 1.165) is 0 Å². The van der Waals surface area contributed by atoms with Gasteiger partial charge in [0.2, 0.25) is 0 Å². The fourth-order valence-electron chi connectivity index (χ4n) is 1.77. The summed E-state index contributed by atoms with van der Waals surface area (Å²) >= 11 is 0. The van der Waals surface area contributed by atoms with Crippen molar-refractivity contribution in [2.75, 3.05) is 32.8 Å². The third-order valence-electron chi connectivity index (χ3n) is 2.87. The van der Waals surface area contributed by atoms with Crippen molar-refractivity contribution >= 4 is 5.95 Å². The van der Waals surface area contributed by atoms with Crippen LogP contribution in [0.15, 0.2) is 11.5 Å². The Bertz CT molecular complexity index is 553. The first-order valence-electron chi connectivity index (χ1n) is 5.66. The molecule has 0 radical (unpaired) electrons. The molecule has 1 aromatic heterocycles. The topological polar surface area (TPSA) is 107 Å². The van der Waals surface area contributed by atoms with Gasteiger partial charge < -0.3 is 24.5 Å². The SMILES string of the molecule is COc1nc(OC)nc(N2CN(C)C(C)=C2[N+](=O)[O-])n1. The summed E-state index contributed by atoms with van der Waals surface area (Å²) in [5.74, 6) is 0.0203. The largest absolute Gasteiger partial charge is 0.467 e. The van der Waals surface area contributed by atoms with Crippen LogP contribution in [0.1, 0.15) is 6.92 Å². The van der Waals surface area contributed by atoms with E-state index in [-0.39, 0.29) is 30.5 Å². The summed E-state index contributed by atoms with van der Waals surface area (Å²) in [6.07, 6.45) is 0. The lowest BCUT2D eigenvalue weighted by Crippen LogP contribution is -2.29. The molecular weight excluding hydrogens is 268 g/mol. The molecule has 108 valence electrons. The van der Waals surface area contributed by atoms with Crippen LogP contribution in [0.5, 0.6) is 12.0 Å². The van der Waals surface area contributed by atoms with E-state index in [1.165, 1.54) is 19.1 Å². The number of nitrogens with zero attached hydrogens (tertiary/aromatic N) is 6. The van der Waals surface area contributed by atoms with Gasteiger partial charge in [-0.2, -0.15) is 4.90 Å². The highest BCUT2D eigenvalue weighted by Crippen LogP contribution is 2.27. The molecule has 0 atom stereocenters. The molecule has 0 spiro atoms. The summed E-state index contributed by atoms with van der Waals surface area (Å²) in [7, 11) is 4.53. The first-order chi connectivity index (χ1) is 9.47. The van der Waals surface area contributed by atoms with E-state index >= 15 is 0 Å². The second kappa shape index (κ2) is 5.15. The van der Waals surface area contributed by atoms with Crippen LogP contribution in [0.25, 0.3) is 0 Å². The number of allylic oxidation sites excluding steroid dienone is 1. The smallest absolute Gasteiger partial charge is 0.346 e. The van der Waals surface area contributed by atoms with Crippen molar-refractivity contribution in [2.45, 2.75) is 6.92 Å². The molecule has 1 aliphatic rings. The maximum atomic E-state index is 11.2. The first kappa shape index (κ1) is 13.8. The predicted molar refractivity (Wildman–Crippen MR) is 67.7 cm³/mol. The highest BCUT2D eigenvalue weighted by Gasteiger charge is 2.38. The maximum absolute atomic E-state index is 11.2. The lowest BCUT2D eigenvalue weighted by atomic mass is 10.5. The minimum Gasteiger partial charge on any atom is -0.467 e.